The summed E-state index contributed by atoms with van der Waals surface area (Å²) in [6, 6.07) is 6.07. The van der Waals surface area contributed by atoms with Crippen molar-refractivity contribution in [2.24, 2.45) is 0 Å². The standard InChI is InChI=1S/C15H23NO3/c1-15(2,3)11-6-7-13(18-4)12(10-11)16-9-8-14(17)19-5/h6-7,10,16H,8-9H2,1-5H3. The lowest BCUT2D eigenvalue weighted by Gasteiger charge is -2.21. The molecule has 1 aromatic carbocycles. The molecule has 1 aromatic rings. The van der Waals surface area contributed by atoms with Crippen LogP contribution < -0.4 is 10.1 Å². The lowest BCUT2D eigenvalue weighted by Crippen LogP contribution is -2.13. The van der Waals surface area contributed by atoms with E-state index in [1.165, 1.54) is 12.7 Å². The lowest BCUT2D eigenvalue weighted by atomic mass is 9.87. The molecule has 0 heterocycles. The molecule has 0 aliphatic rings. The fraction of sp³-hybridized carbons (Fsp3) is 0.533. The van der Waals surface area contributed by atoms with Crippen molar-refractivity contribution in [3.05, 3.63) is 23.8 Å². The average molecular weight is 265 g/mol. The second kappa shape index (κ2) is 6.45. The van der Waals surface area contributed by atoms with Crippen LogP contribution in [0.3, 0.4) is 0 Å². The first kappa shape index (κ1) is 15.3. The number of hydrogen-bond acceptors (Lipinski definition) is 4. The van der Waals surface area contributed by atoms with Gasteiger partial charge in [-0.25, -0.2) is 0 Å². The van der Waals surface area contributed by atoms with Crippen LogP contribution in [0.25, 0.3) is 0 Å². The number of hydrogen-bond donors (Lipinski definition) is 1. The molecule has 0 unspecified atom stereocenters. The zero-order chi connectivity index (χ0) is 14.5. The van der Waals surface area contributed by atoms with E-state index in [1.807, 2.05) is 6.07 Å². The van der Waals surface area contributed by atoms with Gasteiger partial charge >= 0.3 is 5.97 Å². The Kier molecular flexibility index (Phi) is 5.21. The highest BCUT2D eigenvalue weighted by molar-refractivity contribution is 5.70. The molecule has 0 bridgehead atoms. The summed E-state index contributed by atoms with van der Waals surface area (Å²) < 4.78 is 9.93. The van der Waals surface area contributed by atoms with Gasteiger partial charge in [0.15, 0.2) is 0 Å². The predicted molar refractivity (Wildman–Crippen MR) is 76.8 cm³/mol. The molecule has 0 saturated heterocycles. The van der Waals surface area contributed by atoms with Gasteiger partial charge in [0.05, 0.1) is 26.3 Å². The molecule has 0 aliphatic carbocycles. The number of ether oxygens (including phenoxy) is 2. The van der Waals surface area contributed by atoms with Crippen LogP contribution in [-0.4, -0.2) is 26.7 Å². The minimum atomic E-state index is -0.224. The number of benzene rings is 1. The lowest BCUT2D eigenvalue weighted by molar-refractivity contribution is -0.140. The van der Waals surface area contributed by atoms with E-state index in [-0.39, 0.29) is 11.4 Å². The van der Waals surface area contributed by atoms with Crippen molar-refractivity contribution < 1.29 is 14.3 Å². The third-order valence-electron chi connectivity index (χ3n) is 2.94. The van der Waals surface area contributed by atoms with Crippen LogP contribution in [-0.2, 0) is 14.9 Å². The van der Waals surface area contributed by atoms with Crippen molar-refractivity contribution >= 4 is 11.7 Å². The topological polar surface area (TPSA) is 47.6 Å². The van der Waals surface area contributed by atoms with E-state index >= 15 is 0 Å². The van der Waals surface area contributed by atoms with Crippen LogP contribution in [0.1, 0.15) is 32.8 Å². The fourth-order valence-electron chi connectivity index (χ4n) is 1.71. The van der Waals surface area contributed by atoms with Crippen molar-refractivity contribution in [2.45, 2.75) is 32.6 Å². The highest BCUT2D eigenvalue weighted by Crippen LogP contribution is 2.31. The Labute approximate surface area is 115 Å². The van der Waals surface area contributed by atoms with Crippen molar-refractivity contribution in [2.75, 3.05) is 26.1 Å². The molecule has 4 heteroatoms. The first-order valence-electron chi connectivity index (χ1n) is 6.37. The molecular formula is C15H23NO3. The molecule has 0 saturated carbocycles. The molecule has 0 fully saturated rings. The van der Waals surface area contributed by atoms with E-state index in [4.69, 9.17) is 4.74 Å². The highest BCUT2D eigenvalue weighted by atomic mass is 16.5. The number of carbonyl (C=O) groups is 1. The van der Waals surface area contributed by atoms with Gasteiger partial charge in [0.1, 0.15) is 5.75 Å². The molecule has 106 valence electrons. The van der Waals surface area contributed by atoms with Crippen molar-refractivity contribution in [3.63, 3.8) is 0 Å². The second-order valence-corrected chi connectivity index (χ2v) is 5.42. The Hall–Kier alpha value is -1.71. The Morgan fingerprint density at radius 3 is 2.47 bits per heavy atom. The Balaban J connectivity index is 2.82. The van der Waals surface area contributed by atoms with E-state index in [0.29, 0.717) is 13.0 Å². The van der Waals surface area contributed by atoms with Crippen LogP contribution in [0.5, 0.6) is 5.75 Å². The number of anilines is 1. The smallest absolute Gasteiger partial charge is 0.307 e. The van der Waals surface area contributed by atoms with Crippen molar-refractivity contribution in [1.29, 1.82) is 0 Å². The fourth-order valence-corrected chi connectivity index (χ4v) is 1.71. The summed E-state index contributed by atoms with van der Waals surface area (Å²) in [7, 11) is 3.03. The largest absolute Gasteiger partial charge is 0.495 e. The Morgan fingerprint density at radius 1 is 1.26 bits per heavy atom. The summed E-state index contributed by atoms with van der Waals surface area (Å²) in [6.45, 7) is 7.00. The Morgan fingerprint density at radius 2 is 1.95 bits per heavy atom. The first-order chi connectivity index (χ1) is 8.88. The van der Waals surface area contributed by atoms with Gasteiger partial charge in [-0.2, -0.15) is 0 Å². The van der Waals surface area contributed by atoms with Gasteiger partial charge in [0.25, 0.3) is 0 Å². The van der Waals surface area contributed by atoms with Gasteiger partial charge in [-0.1, -0.05) is 26.8 Å². The third kappa shape index (κ3) is 4.47. The molecule has 1 rings (SSSR count). The van der Waals surface area contributed by atoms with Crippen LogP contribution in [0.15, 0.2) is 18.2 Å². The molecule has 1 N–H and O–H groups in total. The average Bonchev–Trinajstić information content (AvgIpc) is 2.37. The molecule has 0 aliphatic heterocycles. The molecule has 0 aromatic heterocycles. The molecule has 0 spiro atoms. The predicted octanol–water partition coefficient (Wildman–Crippen LogP) is 2.97. The van der Waals surface area contributed by atoms with Crippen molar-refractivity contribution in [1.82, 2.24) is 0 Å². The third-order valence-corrected chi connectivity index (χ3v) is 2.94. The highest BCUT2D eigenvalue weighted by Gasteiger charge is 2.15. The van der Waals surface area contributed by atoms with Gasteiger partial charge in [-0.15, -0.1) is 0 Å². The van der Waals surface area contributed by atoms with Gasteiger partial charge in [-0.3, -0.25) is 4.79 Å². The van der Waals surface area contributed by atoms with E-state index in [9.17, 15) is 4.79 Å². The number of nitrogens with one attached hydrogen (secondary N) is 1. The van der Waals surface area contributed by atoms with Gasteiger partial charge in [0.2, 0.25) is 0 Å². The molecular weight excluding hydrogens is 242 g/mol. The normalized spacial score (nSPS) is 11.0. The first-order valence-corrected chi connectivity index (χ1v) is 6.37. The second-order valence-electron chi connectivity index (χ2n) is 5.42. The maximum Gasteiger partial charge on any atom is 0.307 e. The summed E-state index contributed by atoms with van der Waals surface area (Å²) in [5.41, 5.74) is 2.19. The van der Waals surface area contributed by atoms with Gasteiger partial charge in [0, 0.05) is 6.54 Å². The zero-order valence-corrected chi connectivity index (χ0v) is 12.4. The maximum absolute atomic E-state index is 11.1. The van der Waals surface area contributed by atoms with Crippen LogP contribution in [0.4, 0.5) is 5.69 Å². The summed E-state index contributed by atoms with van der Waals surface area (Å²) in [5.74, 6) is 0.552. The summed E-state index contributed by atoms with van der Waals surface area (Å²) in [5, 5.41) is 3.22. The quantitative estimate of drug-likeness (QED) is 0.831. The van der Waals surface area contributed by atoms with E-state index in [0.717, 1.165) is 11.4 Å². The number of methoxy groups -OCH3 is 2. The monoisotopic (exact) mass is 265 g/mol. The molecule has 0 radical (unpaired) electrons. The maximum atomic E-state index is 11.1. The molecule has 19 heavy (non-hydrogen) atoms. The minimum Gasteiger partial charge on any atom is -0.495 e. The van der Waals surface area contributed by atoms with Crippen molar-refractivity contribution in [3.8, 4) is 5.75 Å². The number of carbonyl (C=O) groups excluding carboxylic acids is 1. The van der Waals surface area contributed by atoms with E-state index in [1.54, 1.807) is 7.11 Å². The summed E-state index contributed by atoms with van der Waals surface area (Å²) in [4.78, 5) is 11.1. The SMILES string of the molecule is COC(=O)CCNc1cc(C(C)(C)C)ccc1OC. The van der Waals surface area contributed by atoms with Crippen LogP contribution in [0, 0.1) is 0 Å². The van der Waals surface area contributed by atoms with E-state index in [2.05, 4.69) is 43.0 Å². The molecule has 0 atom stereocenters. The van der Waals surface area contributed by atoms with E-state index < -0.39 is 0 Å². The minimum absolute atomic E-state index is 0.0745. The summed E-state index contributed by atoms with van der Waals surface area (Å²) in [6.07, 6.45) is 0.333. The number of rotatable bonds is 5. The number of esters is 1. The summed E-state index contributed by atoms with van der Waals surface area (Å²) >= 11 is 0. The molecule has 4 nitrogen and oxygen atoms in total. The van der Waals surface area contributed by atoms with Gasteiger partial charge < -0.3 is 14.8 Å². The zero-order valence-electron chi connectivity index (χ0n) is 12.4. The van der Waals surface area contributed by atoms with Gasteiger partial charge in [-0.05, 0) is 23.1 Å². The Bertz CT molecular complexity index is 436. The molecule has 0 amide bonds. The van der Waals surface area contributed by atoms with Crippen LogP contribution in [0.2, 0.25) is 0 Å². The van der Waals surface area contributed by atoms with Crippen LogP contribution >= 0.6 is 0 Å².